The molecule has 0 saturated carbocycles. The molecular formula is C21H17FN2O5. The third-order valence-electron chi connectivity index (χ3n) is 3.92. The number of aromatic hydroxyl groups is 1. The first-order chi connectivity index (χ1) is 13.9. The molecule has 0 bridgehead atoms. The van der Waals surface area contributed by atoms with E-state index in [1.807, 2.05) is 30.3 Å². The number of halogens is 1. The van der Waals surface area contributed by atoms with E-state index >= 15 is 0 Å². The van der Waals surface area contributed by atoms with Gasteiger partial charge in [0.25, 0.3) is 5.91 Å². The van der Waals surface area contributed by atoms with Crippen molar-refractivity contribution in [1.29, 1.82) is 0 Å². The van der Waals surface area contributed by atoms with E-state index < -0.39 is 23.6 Å². The topological polar surface area (TPSA) is 108 Å². The van der Waals surface area contributed by atoms with Crippen molar-refractivity contribution in [2.45, 2.75) is 6.61 Å². The van der Waals surface area contributed by atoms with Crippen molar-refractivity contribution in [3.8, 4) is 11.5 Å². The minimum Gasteiger partial charge on any atom is -0.507 e. The highest BCUT2D eigenvalue weighted by molar-refractivity contribution is 6.07. The van der Waals surface area contributed by atoms with Gasteiger partial charge in [0.1, 0.15) is 23.9 Å². The molecule has 0 saturated heterocycles. The summed E-state index contributed by atoms with van der Waals surface area (Å²) >= 11 is 0. The van der Waals surface area contributed by atoms with Crippen molar-refractivity contribution in [2.24, 2.45) is 0 Å². The quantitative estimate of drug-likeness (QED) is 0.492. The largest absolute Gasteiger partial charge is 0.507 e. The molecule has 0 heterocycles. The molecule has 0 atom stereocenters. The maximum atomic E-state index is 13.1. The van der Waals surface area contributed by atoms with Crippen molar-refractivity contribution in [2.75, 3.05) is 10.6 Å². The minimum atomic E-state index is -1.24. The monoisotopic (exact) mass is 396 g/mol. The lowest BCUT2D eigenvalue weighted by Gasteiger charge is -2.15. The zero-order valence-corrected chi connectivity index (χ0v) is 15.1. The summed E-state index contributed by atoms with van der Waals surface area (Å²) < 4.78 is 18.9. The van der Waals surface area contributed by atoms with Crippen LogP contribution in [-0.2, 0) is 6.61 Å². The Morgan fingerprint density at radius 2 is 1.72 bits per heavy atom. The maximum Gasteiger partial charge on any atom is 0.409 e. The summed E-state index contributed by atoms with van der Waals surface area (Å²) in [6.07, 6.45) is -1.24. The standard InChI is InChI=1S/C21H17FN2O5/c22-14-6-8-16(18(25)10-14)20(26)24-17-9-7-15(23-21(27)28)11-19(17)29-12-13-4-2-1-3-5-13/h1-11,23,25H,12H2,(H,24,26)(H,27,28). The van der Waals surface area contributed by atoms with E-state index in [0.717, 1.165) is 23.8 Å². The van der Waals surface area contributed by atoms with Crippen LogP contribution in [0.4, 0.5) is 20.6 Å². The third kappa shape index (κ3) is 5.23. The number of hydrogen-bond donors (Lipinski definition) is 4. The molecule has 3 rings (SSSR count). The maximum absolute atomic E-state index is 13.1. The van der Waals surface area contributed by atoms with Crippen LogP contribution in [0.15, 0.2) is 66.7 Å². The van der Waals surface area contributed by atoms with Crippen LogP contribution in [-0.4, -0.2) is 22.2 Å². The van der Waals surface area contributed by atoms with Crippen LogP contribution in [0.5, 0.6) is 11.5 Å². The van der Waals surface area contributed by atoms with Crippen LogP contribution in [0, 0.1) is 5.82 Å². The van der Waals surface area contributed by atoms with Crippen LogP contribution < -0.4 is 15.4 Å². The summed E-state index contributed by atoms with van der Waals surface area (Å²) in [4.78, 5) is 23.4. The summed E-state index contributed by atoms with van der Waals surface area (Å²) in [5.74, 6) is -1.63. The average molecular weight is 396 g/mol. The number of amides is 2. The van der Waals surface area contributed by atoms with Gasteiger partial charge in [-0.1, -0.05) is 30.3 Å². The predicted molar refractivity (Wildman–Crippen MR) is 105 cm³/mol. The van der Waals surface area contributed by atoms with E-state index in [-0.39, 0.29) is 29.3 Å². The minimum absolute atomic E-state index is 0.117. The highest BCUT2D eigenvalue weighted by Gasteiger charge is 2.15. The van der Waals surface area contributed by atoms with Gasteiger partial charge in [-0.25, -0.2) is 9.18 Å². The fourth-order valence-corrected chi connectivity index (χ4v) is 2.57. The van der Waals surface area contributed by atoms with E-state index in [0.29, 0.717) is 0 Å². The number of hydrogen-bond acceptors (Lipinski definition) is 4. The number of carboxylic acid groups (broad SMARTS) is 1. The Labute approximate surface area is 165 Å². The van der Waals surface area contributed by atoms with Crippen LogP contribution in [0.25, 0.3) is 0 Å². The molecule has 0 radical (unpaired) electrons. The summed E-state index contributed by atoms with van der Waals surface area (Å²) in [5.41, 5.74) is 1.26. The highest BCUT2D eigenvalue weighted by atomic mass is 19.1. The van der Waals surface area contributed by atoms with E-state index in [2.05, 4.69) is 10.6 Å². The number of rotatable bonds is 6. The van der Waals surface area contributed by atoms with Crippen molar-refractivity contribution in [1.82, 2.24) is 0 Å². The fraction of sp³-hybridized carbons (Fsp3) is 0.0476. The predicted octanol–water partition coefficient (Wildman–Crippen LogP) is 4.45. The lowest BCUT2D eigenvalue weighted by Crippen LogP contribution is -2.14. The summed E-state index contributed by atoms with van der Waals surface area (Å²) in [5, 5.41) is 23.5. The Hall–Kier alpha value is -4.07. The number of carbonyl (C=O) groups excluding carboxylic acids is 1. The van der Waals surface area contributed by atoms with Gasteiger partial charge in [0.15, 0.2) is 0 Å². The molecule has 29 heavy (non-hydrogen) atoms. The van der Waals surface area contributed by atoms with E-state index in [9.17, 15) is 19.1 Å². The molecule has 148 valence electrons. The smallest absolute Gasteiger partial charge is 0.409 e. The van der Waals surface area contributed by atoms with Gasteiger partial charge in [0.2, 0.25) is 0 Å². The summed E-state index contributed by atoms with van der Waals surface area (Å²) in [6.45, 7) is 0.183. The van der Waals surface area contributed by atoms with Gasteiger partial charge in [-0.15, -0.1) is 0 Å². The average Bonchev–Trinajstić information content (AvgIpc) is 2.68. The lowest BCUT2D eigenvalue weighted by molar-refractivity contribution is 0.102. The van der Waals surface area contributed by atoms with Gasteiger partial charge in [0.05, 0.1) is 11.3 Å². The molecular weight excluding hydrogens is 379 g/mol. The second kappa shape index (κ2) is 8.75. The first-order valence-electron chi connectivity index (χ1n) is 8.53. The molecule has 4 N–H and O–H groups in total. The second-order valence-corrected chi connectivity index (χ2v) is 6.03. The Bertz CT molecular complexity index is 1040. The fourth-order valence-electron chi connectivity index (χ4n) is 2.57. The van der Waals surface area contributed by atoms with E-state index in [1.54, 1.807) is 0 Å². The van der Waals surface area contributed by atoms with Crippen LogP contribution in [0.1, 0.15) is 15.9 Å². The number of anilines is 2. The third-order valence-corrected chi connectivity index (χ3v) is 3.92. The first-order valence-corrected chi connectivity index (χ1v) is 8.53. The first kappa shape index (κ1) is 19.7. The van der Waals surface area contributed by atoms with Gasteiger partial charge in [-0.2, -0.15) is 0 Å². The zero-order chi connectivity index (χ0) is 20.8. The molecule has 0 aliphatic carbocycles. The number of phenols is 1. The Morgan fingerprint density at radius 1 is 0.966 bits per heavy atom. The molecule has 8 heteroatoms. The van der Waals surface area contributed by atoms with Crippen LogP contribution >= 0.6 is 0 Å². The molecule has 0 aliphatic heterocycles. The zero-order valence-electron chi connectivity index (χ0n) is 15.1. The summed E-state index contributed by atoms with van der Waals surface area (Å²) in [6, 6.07) is 16.7. The molecule has 2 amide bonds. The van der Waals surface area contributed by atoms with Crippen molar-refractivity contribution < 1.29 is 28.9 Å². The Balaban J connectivity index is 1.85. The van der Waals surface area contributed by atoms with Crippen molar-refractivity contribution in [3.05, 3.63) is 83.7 Å². The van der Waals surface area contributed by atoms with Gasteiger partial charge in [-0.3, -0.25) is 10.1 Å². The van der Waals surface area contributed by atoms with Crippen molar-refractivity contribution >= 4 is 23.4 Å². The number of carbonyl (C=O) groups is 2. The van der Waals surface area contributed by atoms with Gasteiger partial charge < -0.3 is 20.3 Å². The molecule has 3 aromatic rings. The van der Waals surface area contributed by atoms with Gasteiger partial charge in [-0.05, 0) is 29.8 Å². The molecule has 7 nitrogen and oxygen atoms in total. The molecule has 0 aliphatic rings. The molecule has 0 spiro atoms. The highest BCUT2D eigenvalue weighted by Crippen LogP contribution is 2.30. The van der Waals surface area contributed by atoms with Crippen molar-refractivity contribution in [3.63, 3.8) is 0 Å². The van der Waals surface area contributed by atoms with E-state index in [1.165, 1.54) is 18.2 Å². The number of ether oxygens (including phenoxy) is 1. The normalized spacial score (nSPS) is 10.2. The summed E-state index contributed by atoms with van der Waals surface area (Å²) in [7, 11) is 0. The lowest BCUT2D eigenvalue weighted by atomic mass is 10.1. The second-order valence-electron chi connectivity index (χ2n) is 6.03. The van der Waals surface area contributed by atoms with Crippen LogP contribution in [0.3, 0.4) is 0 Å². The molecule has 0 aromatic heterocycles. The van der Waals surface area contributed by atoms with Gasteiger partial charge >= 0.3 is 6.09 Å². The number of nitrogens with one attached hydrogen (secondary N) is 2. The Morgan fingerprint density at radius 3 is 2.41 bits per heavy atom. The van der Waals surface area contributed by atoms with E-state index in [4.69, 9.17) is 9.84 Å². The Kier molecular flexibility index (Phi) is 5.94. The SMILES string of the molecule is O=C(O)Nc1ccc(NC(=O)c2ccc(F)cc2O)c(OCc2ccccc2)c1. The number of benzene rings is 3. The molecule has 0 fully saturated rings. The van der Waals surface area contributed by atoms with Gasteiger partial charge in [0, 0.05) is 17.8 Å². The van der Waals surface area contributed by atoms with Crippen LogP contribution in [0.2, 0.25) is 0 Å². The molecule has 3 aromatic carbocycles. The number of phenolic OH excluding ortho intramolecular Hbond substituents is 1. The molecule has 0 unspecified atom stereocenters.